The van der Waals surface area contributed by atoms with Gasteiger partial charge in [-0.2, -0.15) is 0 Å². The number of carbonyl (C=O) groups is 1. The predicted octanol–water partition coefficient (Wildman–Crippen LogP) is 6.94. The van der Waals surface area contributed by atoms with Gasteiger partial charge >= 0.3 is 0 Å². The minimum absolute atomic E-state index is 0.213. The van der Waals surface area contributed by atoms with Crippen LogP contribution in [0.2, 0.25) is 0 Å². The molecular formula is C51H95NO13. The lowest BCUT2D eigenvalue weighted by Gasteiger charge is -2.46. The molecule has 0 spiro atoms. The molecule has 2 fully saturated rings. The van der Waals surface area contributed by atoms with E-state index < -0.39 is 86.8 Å². The van der Waals surface area contributed by atoms with E-state index in [1.165, 1.54) is 103 Å². The lowest BCUT2D eigenvalue weighted by Crippen LogP contribution is -2.65. The van der Waals surface area contributed by atoms with Crippen LogP contribution in [0, 0.1) is 0 Å². The molecule has 0 aromatic carbocycles. The highest BCUT2D eigenvalue weighted by Gasteiger charge is 2.51. The summed E-state index contributed by atoms with van der Waals surface area (Å²) in [5.41, 5.74) is 0. The van der Waals surface area contributed by atoms with Gasteiger partial charge in [0.25, 0.3) is 0 Å². The molecule has 12 atom stereocenters. The van der Waals surface area contributed by atoms with E-state index in [4.69, 9.17) is 18.9 Å². The normalized spacial score (nSPS) is 27.2. The van der Waals surface area contributed by atoms with E-state index in [1.807, 2.05) is 0 Å². The topological polar surface area (TPSA) is 228 Å². The number of aliphatic hydroxyl groups excluding tert-OH is 8. The minimum atomic E-state index is -1.78. The van der Waals surface area contributed by atoms with Gasteiger partial charge in [0, 0.05) is 6.42 Å². The monoisotopic (exact) mass is 930 g/mol. The molecule has 2 rings (SSSR count). The summed E-state index contributed by atoms with van der Waals surface area (Å²) in [6, 6.07) is -0.823. The summed E-state index contributed by atoms with van der Waals surface area (Å²) in [5.74, 6) is -0.213. The van der Waals surface area contributed by atoms with Crippen molar-refractivity contribution in [1.82, 2.24) is 5.32 Å². The molecule has 14 heteroatoms. The third-order valence-corrected chi connectivity index (χ3v) is 12.9. The van der Waals surface area contributed by atoms with E-state index in [0.29, 0.717) is 12.8 Å². The summed E-state index contributed by atoms with van der Waals surface area (Å²) < 4.78 is 22.6. The predicted molar refractivity (Wildman–Crippen MR) is 254 cm³/mol. The van der Waals surface area contributed by atoms with Crippen LogP contribution in [-0.2, 0) is 23.7 Å². The Bertz CT molecular complexity index is 1190. The van der Waals surface area contributed by atoms with Crippen LogP contribution in [-0.4, -0.2) is 140 Å². The molecule has 2 aliphatic heterocycles. The summed E-state index contributed by atoms with van der Waals surface area (Å²) >= 11 is 0. The molecule has 65 heavy (non-hydrogen) atoms. The average molecular weight is 930 g/mol. The number of hydrogen-bond donors (Lipinski definition) is 9. The Hall–Kier alpha value is -1.53. The van der Waals surface area contributed by atoms with E-state index in [2.05, 4.69) is 43.5 Å². The van der Waals surface area contributed by atoms with Crippen molar-refractivity contribution in [3.05, 3.63) is 24.3 Å². The van der Waals surface area contributed by atoms with Crippen LogP contribution in [0.15, 0.2) is 24.3 Å². The van der Waals surface area contributed by atoms with Crippen LogP contribution < -0.4 is 5.32 Å². The number of hydrogen-bond acceptors (Lipinski definition) is 13. The molecule has 1 amide bonds. The molecule has 0 aromatic heterocycles. The van der Waals surface area contributed by atoms with E-state index >= 15 is 0 Å². The smallest absolute Gasteiger partial charge is 0.220 e. The molecule has 0 aliphatic carbocycles. The molecule has 2 aliphatic rings. The first-order chi connectivity index (χ1) is 31.6. The summed E-state index contributed by atoms with van der Waals surface area (Å²) in [6.45, 7) is 2.76. The van der Waals surface area contributed by atoms with Crippen molar-refractivity contribution in [3.8, 4) is 0 Å². The maximum absolute atomic E-state index is 13.1. The quantitative estimate of drug-likeness (QED) is 0.0225. The van der Waals surface area contributed by atoms with Crippen LogP contribution in [0.25, 0.3) is 0 Å². The zero-order valence-electron chi connectivity index (χ0n) is 40.5. The number of amides is 1. The van der Waals surface area contributed by atoms with Gasteiger partial charge in [0.15, 0.2) is 12.6 Å². The minimum Gasteiger partial charge on any atom is -0.394 e. The third kappa shape index (κ3) is 25.6. The van der Waals surface area contributed by atoms with Crippen LogP contribution in [0.1, 0.15) is 200 Å². The van der Waals surface area contributed by atoms with E-state index in [1.54, 1.807) is 0 Å². The van der Waals surface area contributed by atoms with Crippen LogP contribution in [0.5, 0.6) is 0 Å². The number of ether oxygens (including phenoxy) is 4. The lowest BCUT2D eigenvalue weighted by atomic mass is 9.97. The Morgan fingerprint density at radius 3 is 1.54 bits per heavy atom. The van der Waals surface area contributed by atoms with Gasteiger partial charge in [-0.1, -0.05) is 173 Å². The molecule has 2 heterocycles. The van der Waals surface area contributed by atoms with Crippen LogP contribution in [0.4, 0.5) is 0 Å². The number of nitrogens with one attached hydrogen (secondary N) is 1. The zero-order chi connectivity index (χ0) is 47.5. The first-order valence-electron chi connectivity index (χ1n) is 26.1. The fourth-order valence-corrected chi connectivity index (χ4v) is 8.62. The average Bonchev–Trinajstić information content (AvgIpc) is 3.30. The Labute approximate surface area is 392 Å². The standard InChI is InChI=1S/C51H95NO13/c1-3-5-7-9-11-12-13-14-15-16-17-18-19-20-21-22-23-24-25-26-27-28-29-31-33-35-43(56)52-39(40(55)34-32-30-10-8-6-4-2)38-62-50-48(61)46(59)49(42(37-54)64-50)65-51-47(60)45(58)44(57)41(36-53)63-51/h13-14,16-17,39-42,44-51,53-55,57-61H,3-12,15,18-38H2,1-2H3,(H,52,56)/b14-13-,17-16-. The summed E-state index contributed by atoms with van der Waals surface area (Å²) in [4.78, 5) is 13.1. The van der Waals surface area contributed by atoms with E-state index in [-0.39, 0.29) is 12.5 Å². The zero-order valence-corrected chi connectivity index (χ0v) is 40.5. The fraction of sp³-hybridized carbons (Fsp3) is 0.902. The summed E-state index contributed by atoms with van der Waals surface area (Å²) in [7, 11) is 0. The van der Waals surface area contributed by atoms with Gasteiger partial charge in [-0.25, -0.2) is 0 Å². The molecule has 0 aromatic rings. The molecular weight excluding hydrogens is 835 g/mol. The molecule has 382 valence electrons. The third-order valence-electron chi connectivity index (χ3n) is 12.9. The Morgan fingerprint density at radius 2 is 1.02 bits per heavy atom. The van der Waals surface area contributed by atoms with Crippen molar-refractivity contribution in [2.24, 2.45) is 0 Å². The number of allylic oxidation sites excluding steroid dienone is 4. The highest BCUT2D eigenvalue weighted by atomic mass is 16.7. The van der Waals surface area contributed by atoms with Gasteiger partial charge < -0.3 is 65.1 Å². The van der Waals surface area contributed by atoms with Gasteiger partial charge in [-0.3, -0.25) is 4.79 Å². The van der Waals surface area contributed by atoms with Gasteiger partial charge in [0.1, 0.15) is 48.8 Å². The first-order valence-corrected chi connectivity index (χ1v) is 26.1. The summed E-state index contributed by atoms with van der Waals surface area (Å²) in [5, 5.41) is 86.5. The SMILES string of the molecule is CCCCCCC/C=C\C/C=C\CCCCCCCCCCCCCCCC(=O)NC(COC1OC(CO)C(OC2OC(CO)C(O)C(O)C2O)C(O)C1O)C(O)CCCCCCCC. The maximum Gasteiger partial charge on any atom is 0.220 e. The highest BCUT2D eigenvalue weighted by molar-refractivity contribution is 5.76. The molecule has 0 radical (unpaired) electrons. The number of rotatable bonds is 40. The molecule has 0 bridgehead atoms. The molecule has 9 N–H and O–H groups in total. The summed E-state index contributed by atoms with van der Waals surface area (Å²) in [6.07, 6.45) is 25.2. The van der Waals surface area contributed by atoms with Crippen molar-refractivity contribution in [2.75, 3.05) is 19.8 Å². The van der Waals surface area contributed by atoms with Gasteiger partial charge in [-0.05, 0) is 44.9 Å². The Balaban J connectivity index is 1.66. The van der Waals surface area contributed by atoms with Gasteiger partial charge in [0.05, 0.1) is 32.0 Å². The van der Waals surface area contributed by atoms with E-state index in [0.717, 1.165) is 70.6 Å². The molecule has 0 saturated carbocycles. The van der Waals surface area contributed by atoms with E-state index in [9.17, 15) is 45.6 Å². The van der Waals surface area contributed by atoms with Crippen molar-refractivity contribution in [3.63, 3.8) is 0 Å². The second-order valence-corrected chi connectivity index (χ2v) is 18.7. The molecule has 14 nitrogen and oxygen atoms in total. The molecule has 2 saturated heterocycles. The second-order valence-electron chi connectivity index (χ2n) is 18.7. The van der Waals surface area contributed by atoms with Crippen molar-refractivity contribution in [1.29, 1.82) is 0 Å². The molecule has 12 unspecified atom stereocenters. The van der Waals surface area contributed by atoms with Crippen LogP contribution >= 0.6 is 0 Å². The van der Waals surface area contributed by atoms with Crippen molar-refractivity contribution >= 4 is 5.91 Å². The van der Waals surface area contributed by atoms with Gasteiger partial charge in [0.2, 0.25) is 5.91 Å². The number of aliphatic hydroxyl groups is 8. The van der Waals surface area contributed by atoms with Crippen LogP contribution in [0.3, 0.4) is 0 Å². The van der Waals surface area contributed by atoms with Crippen molar-refractivity contribution in [2.45, 2.75) is 274 Å². The second kappa shape index (κ2) is 38.3. The Kier molecular flexibility index (Phi) is 35.1. The van der Waals surface area contributed by atoms with Gasteiger partial charge in [-0.15, -0.1) is 0 Å². The first kappa shape index (κ1) is 59.6. The van der Waals surface area contributed by atoms with Crippen molar-refractivity contribution < 1.29 is 64.6 Å². The number of unbranched alkanes of at least 4 members (excludes halogenated alkanes) is 23. The number of carbonyl (C=O) groups excluding carboxylic acids is 1. The largest absolute Gasteiger partial charge is 0.394 e. The lowest BCUT2D eigenvalue weighted by molar-refractivity contribution is -0.359. The maximum atomic E-state index is 13.1. The highest BCUT2D eigenvalue weighted by Crippen LogP contribution is 2.30. The fourth-order valence-electron chi connectivity index (χ4n) is 8.62. The Morgan fingerprint density at radius 1 is 0.554 bits per heavy atom.